The summed E-state index contributed by atoms with van der Waals surface area (Å²) in [4.78, 5) is 28.1. The zero-order valence-corrected chi connectivity index (χ0v) is 20.9. The van der Waals surface area contributed by atoms with E-state index in [2.05, 4.69) is 52.4 Å². The minimum atomic E-state index is -0.504. The van der Waals surface area contributed by atoms with Gasteiger partial charge in [-0.05, 0) is 61.4 Å². The van der Waals surface area contributed by atoms with Gasteiger partial charge in [-0.3, -0.25) is 9.59 Å². The van der Waals surface area contributed by atoms with Gasteiger partial charge >= 0.3 is 0 Å². The SMILES string of the molecule is CCc1ccc(CCC(=O)N(Cc2ccc(Br)cc2)[C@H](C)C(=O)NC2CCCCC2)cc1. The second-order valence-electron chi connectivity index (χ2n) is 8.84. The van der Waals surface area contributed by atoms with E-state index in [1.54, 1.807) is 4.90 Å². The fraction of sp³-hybridized carbons (Fsp3) is 0.481. The third kappa shape index (κ3) is 7.19. The average Bonchev–Trinajstić information content (AvgIpc) is 2.82. The molecule has 4 nitrogen and oxygen atoms in total. The second-order valence-corrected chi connectivity index (χ2v) is 9.75. The lowest BCUT2D eigenvalue weighted by atomic mass is 9.95. The number of benzene rings is 2. The van der Waals surface area contributed by atoms with Gasteiger partial charge in [-0.15, -0.1) is 0 Å². The van der Waals surface area contributed by atoms with E-state index in [9.17, 15) is 9.59 Å². The molecule has 1 saturated carbocycles. The number of nitrogens with one attached hydrogen (secondary N) is 1. The molecule has 0 bridgehead atoms. The van der Waals surface area contributed by atoms with Crippen LogP contribution in [-0.2, 0) is 29.0 Å². The molecular formula is C27H35BrN2O2. The maximum atomic E-state index is 13.3. The Morgan fingerprint density at radius 3 is 2.19 bits per heavy atom. The first-order valence-electron chi connectivity index (χ1n) is 11.9. The van der Waals surface area contributed by atoms with E-state index in [1.807, 2.05) is 31.2 Å². The summed E-state index contributed by atoms with van der Waals surface area (Å²) in [5.74, 6) is -0.0339. The van der Waals surface area contributed by atoms with Crippen molar-refractivity contribution in [2.45, 2.75) is 83.8 Å². The lowest BCUT2D eigenvalue weighted by Gasteiger charge is -2.31. The molecule has 2 amide bonds. The Labute approximate surface area is 200 Å². The molecule has 0 aromatic heterocycles. The van der Waals surface area contributed by atoms with Crippen molar-refractivity contribution in [1.82, 2.24) is 10.2 Å². The largest absolute Gasteiger partial charge is 0.352 e. The first-order chi connectivity index (χ1) is 15.5. The Bertz CT molecular complexity index is 874. The number of amides is 2. The Kier molecular flexibility index (Phi) is 9.34. The van der Waals surface area contributed by atoms with E-state index in [0.717, 1.165) is 47.7 Å². The number of halogens is 1. The molecule has 2 aromatic carbocycles. The quantitative estimate of drug-likeness (QED) is 0.474. The Balaban J connectivity index is 1.68. The molecule has 2 aromatic rings. The van der Waals surface area contributed by atoms with E-state index in [-0.39, 0.29) is 17.9 Å². The zero-order valence-electron chi connectivity index (χ0n) is 19.3. The van der Waals surface area contributed by atoms with Gasteiger partial charge < -0.3 is 10.2 Å². The van der Waals surface area contributed by atoms with Crippen molar-refractivity contribution in [3.05, 3.63) is 69.7 Å². The number of carbonyl (C=O) groups is 2. The molecule has 0 spiro atoms. The topological polar surface area (TPSA) is 49.4 Å². The molecular weight excluding hydrogens is 464 g/mol. The normalized spacial score (nSPS) is 15.2. The van der Waals surface area contributed by atoms with Crippen LogP contribution in [0.2, 0.25) is 0 Å². The number of rotatable bonds is 9. The Morgan fingerprint density at radius 2 is 1.56 bits per heavy atom. The highest BCUT2D eigenvalue weighted by Gasteiger charge is 2.27. The summed E-state index contributed by atoms with van der Waals surface area (Å²) in [6.45, 7) is 4.42. The first kappa shape index (κ1) is 24.5. The smallest absolute Gasteiger partial charge is 0.242 e. The standard InChI is InChI=1S/C27H35BrN2O2/c1-3-21-9-11-22(12-10-21)15-18-26(31)30(19-23-13-16-24(28)17-14-23)20(2)27(32)29-25-7-5-4-6-8-25/h9-14,16-17,20,25H,3-8,15,18-19H2,1-2H3,(H,29,32)/t20-/m1/s1. The van der Waals surface area contributed by atoms with Gasteiger partial charge in [0, 0.05) is 23.5 Å². The van der Waals surface area contributed by atoms with Crippen LogP contribution in [0.15, 0.2) is 53.0 Å². The zero-order chi connectivity index (χ0) is 22.9. The van der Waals surface area contributed by atoms with Crippen LogP contribution in [0.5, 0.6) is 0 Å². The molecule has 1 N–H and O–H groups in total. The highest BCUT2D eigenvalue weighted by Crippen LogP contribution is 2.19. The van der Waals surface area contributed by atoms with Crippen LogP contribution < -0.4 is 5.32 Å². The molecule has 3 rings (SSSR count). The van der Waals surface area contributed by atoms with Crippen molar-refractivity contribution in [2.24, 2.45) is 0 Å². The lowest BCUT2D eigenvalue weighted by molar-refractivity contribution is -0.141. The number of carbonyl (C=O) groups excluding carboxylic acids is 2. The van der Waals surface area contributed by atoms with Gasteiger partial charge in [-0.1, -0.05) is 78.5 Å². The molecule has 5 heteroatoms. The van der Waals surface area contributed by atoms with Crippen molar-refractivity contribution in [2.75, 3.05) is 0 Å². The molecule has 0 radical (unpaired) electrons. The maximum Gasteiger partial charge on any atom is 0.242 e. The highest BCUT2D eigenvalue weighted by atomic mass is 79.9. The summed E-state index contributed by atoms with van der Waals surface area (Å²) >= 11 is 3.46. The third-order valence-electron chi connectivity index (χ3n) is 6.44. The number of hydrogen-bond acceptors (Lipinski definition) is 2. The summed E-state index contributed by atoms with van der Waals surface area (Å²) in [6.07, 6.45) is 7.72. The van der Waals surface area contributed by atoms with E-state index in [0.29, 0.717) is 19.4 Å². The molecule has 1 fully saturated rings. The van der Waals surface area contributed by atoms with Crippen LogP contribution in [0.1, 0.15) is 69.1 Å². The summed E-state index contributed by atoms with van der Waals surface area (Å²) in [6, 6.07) is 16.1. The van der Waals surface area contributed by atoms with Crippen molar-refractivity contribution in [1.29, 1.82) is 0 Å². The van der Waals surface area contributed by atoms with E-state index < -0.39 is 6.04 Å². The predicted octanol–water partition coefficient (Wildman–Crippen LogP) is 5.81. The van der Waals surface area contributed by atoms with E-state index in [4.69, 9.17) is 0 Å². The molecule has 1 atom stereocenters. The Morgan fingerprint density at radius 1 is 0.969 bits per heavy atom. The van der Waals surface area contributed by atoms with Crippen molar-refractivity contribution < 1.29 is 9.59 Å². The third-order valence-corrected chi connectivity index (χ3v) is 6.97. The molecule has 0 heterocycles. The number of aryl methyl sites for hydroxylation is 2. The Hall–Kier alpha value is -2.14. The second kappa shape index (κ2) is 12.2. The fourth-order valence-electron chi connectivity index (χ4n) is 4.27. The van der Waals surface area contributed by atoms with Crippen molar-refractivity contribution in [3.8, 4) is 0 Å². The molecule has 0 saturated heterocycles. The van der Waals surface area contributed by atoms with Crippen LogP contribution >= 0.6 is 15.9 Å². The average molecular weight is 499 g/mol. The lowest BCUT2D eigenvalue weighted by Crippen LogP contribution is -2.50. The summed E-state index contributed by atoms with van der Waals surface area (Å²) in [5.41, 5.74) is 3.47. The number of hydrogen-bond donors (Lipinski definition) is 1. The summed E-state index contributed by atoms with van der Waals surface area (Å²) in [7, 11) is 0. The van der Waals surface area contributed by atoms with Gasteiger partial charge in [0.1, 0.15) is 6.04 Å². The minimum absolute atomic E-state index is 0.0128. The van der Waals surface area contributed by atoms with Gasteiger partial charge in [0.15, 0.2) is 0 Å². The van der Waals surface area contributed by atoms with Crippen LogP contribution in [0.4, 0.5) is 0 Å². The van der Waals surface area contributed by atoms with Gasteiger partial charge in [-0.25, -0.2) is 0 Å². The molecule has 32 heavy (non-hydrogen) atoms. The molecule has 0 aliphatic heterocycles. The van der Waals surface area contributed by atoms with Crippen molar-refractivity contribution >= 4 is 27.7 Å². The van der Waals surface area contributed by atoms with Gasteiger partial charge in [0.2, 0.25) is 11.8 Å². The van der Waals surface area contributed by atoms with Crippen molar-refractivity contribution in [3.63, 3.8) is 0 Å². The monoisotopic (exact) mass is 498 g/mol. The summed E-state index contributed by atoms with van der Waals surface area (Å²) in [5, 5.41) is 3.19. The van der Waals surface area contributed by atoms with E-state index in [1.165, 1.54) is 12.0 Å². The first-order valence-corrected chi connectivity index (χ1v) is 12.7. The van der Waals surface area contributed by atoms with Gasteiger partial charge in [-0.2, -0.15) is 0 Å². The number of nitrogens with zero attached hydrogens (tertiary/aromatic N) is 1. The predicted molar refractivity (Wildman–Crippen MR) is 133 cm³/mol. The highest BCUT2D eigenvalue weighted by molar-refractivity contribution is 9.10. The van der Waals surface area contributed by atoms with Crippen LogP contribution in [0.25, 0.3) is 0 Å². The summed E-state index contributed by atoms with van der Waals surface area (Å²) < 4.78 is 0.998. The molecule has 1 aliphatic carbocycles. The molecule has 0 unspecified atom stereocenters. The molecule has 1 aliphatic rings. The van der Waals surface area contributed by atoms with Gasteiger partial charge in [0.25, 0.3) is 0 Å². The minimum Gasteiger partial charge on any atom is -0.352 e. The fourth-order valence-corrected chi connectivity index (χ4v) is 4.54. The van der Waals surface area contributed by atoms with Crippen LogP contribution in [0, 0.1) is 0 Å². The van der Waals surface area contributed by atoms with Crippen LogP contribution in [0.3, 0.4) is 0 Å². The van der Waals surface area contributed by atoms with E-state index >= 15 is 0 Å². The maximum absolute atomic E-state index is 13.3. The van der Waals surface area contributed by atoms with Gasteiger partial charge in [0.05, 0.1) is 0 Å². The van der Waals surface area contributed by atoms with Crippen LogP contribution in [-0.4, -0.2) is 28.8 Å². The molecule has 172 valence electrons.